The Labute approximate surface area is 115 Å². The topological polar surface area (TPSA) is 110 Å². The van der Waals surface area contributed by atoms with E-state index in [-0.39, 0.29) is 0 Å². The molecule has 8 nitrogen and oxygen atoms in total. The van der Waals surface area contributed by atoms with Gasteiger partial charge in [-0.2, -0.15) is 0 Å². The van der Waals surface area contributed by atoms with Gasteiger partial charge in [-0.1, -0.05) is 0 Å². The predicted octanol–water partition coefficient (Wildman–Crippen LogP) is -0.443. The zero-order valence-electron chi connectivity index (χ0n) is 11.5. The molecule has 0 aromatic heterocycles. The van der Waals surface area contributed by atoms with Crippen molar-refractivity contribution >= 4 is 23.8 Å². The Hall–Kier alpha value is -2.12. The molecule has 2 atom stereocenters. The van der Waals surface area contributed by atoms with Crippen molar-refractivity contribution in [3.63, 3.8) is 0 Å². The van der Waals surface area contributed by atoms with Crippen LogP contribution in [0.25, 0.3) is 0 Å². The van der Waals surface area contributed by atoms with Crippen LogP contribution in [-0.4, -0.2) is 58.6 Å². The van der Waals surface area contributed by atoms with E-state index in [0.29, 0.717) is 13.1 Å². The largest absolute Gasteiger partial charge is 0.478 e. The zero-order valence-corrected chi connectivity index (χ0v) is 11.5. The summed E-state index contributed by atoms with van der Waals surface area (Å²) in [6.07, 6.45) is -2.34. The van der Waals surface area contributed by atoms with Gasteiger partial charge in [0, 0.05) is 20.0 Å². The molecule has 1 saturated heterocycles. The van der Waals surface area contributed by atoms with Crippen LogP contribution in [0.4, 0.5) is 0 Å². The maximum Gasteiger partial charge on any atom is 0.353 e. The SMILES string of the molecule is CCN(CC)C(=O)C1OC(=O)C[C@@]1(OC(C)=O)C(=O)O. The zero-order chi connectivity index (χ0) is 15.5. The number of rotatable bonds is 5. The molecule has 0 bridgehead atoms. The third-order valence-electron chi connectivity index (χ3n) is 3.07. The lowest BCUT2D eigenvalue weighted by Gasteiger charge is -2.30. The molecule has 1 rings (SSSR count). The van der Waals surface area contributed by atoms with E-state index in [4.69, 9.17) is 9.47 Å². The number of carboxylic acid groups (broad SMARTS) is 1. The minimum Gasteiger partial charge on any atom is -0.478 e. The fourth-order valence-electron chi connectivity index (χ4n) is 2.10. The number of nitrogens with zero attached hydrogens (tertiary/aromatic N) is 1. The molecule has 0 radical (unpaired) electrons. The van der Waals surface area contributed by atoms with Crippen molar-refractivity contribution in [2.45, 2.75) is 38.9 Å². The minimum atomic E-state index is -2.29. The normalized spacial score (nSPS) is 24.9. The summed E-state index contributed by atoms with van der Waals surface area (Å²) in [5.74, 6) is -4.06. The van der Waals surface area contributed by atoms with E-state index in [1.165, 1.54) is 4.90 Å². The summed E-state index contributed by atoms with van der Waals surface area (Å²) in [4.78, 5) is 47.5. The van der Waals surface area contributed by atoms with Gasteiger partial charge in [-0.3, -0.25) is 14.4 Å². The van der Waals surface area contributed by atoms with Crippen molar-refractivity contribution < 1.29 is 33.8 Å². The fraction of sp³-hybridized carbons (Fsp3) is 0.667. The van der Waals surface area contributed by atoms with Crippen LogP contribution in [0.15, 0.2) is 0 Å². The molecule has 1 aliphatic rings. The summed E-state index contributed by atoms with van der Waals surface area (Å²) in [6, 6.07) is 0. The van der Waals surface area contributed by atoms with Gasteiger partial charge in [0.25, 0.3) is 11.5 Å². The second kappa shape index (κ2) is 5.89. The first-order valence-corrected chi connectivity index (χ1v) is 6.19. The lowest BCUT2D eigenvalue weighted by atomic mass is 9.94. The summed E-state index contributed by atoms with van der Waals surface area (Å²) in [7, 11) is 0. The third kappa shape index (κ3) is 2.73. The molecule has 1 amide bonds. The number of cyclic esters (lactones) is 1. The molecular weight excluding hydrogens is 270 g/mol. The van der Waals surface area contributed by atoms with E-state index >= 15 is 0 Å². The Morgan fingerprint density at radius 1 is 1.40 bits per heavy atom. The molecule has 8 heteroatoms. The highest BCUT2D eigenvalue weighted by Gasteiger charge is 2.62. The number of carboxylic acids is 1. The van der Waals surface area contributed by atoms with E-state index in [1.54, 1.807) is 13.8 Å². The van der Waals surface area contributed by atoms with E-state index < -0.39 is 41.9 Å². The number of aliphatic carboxylic acids is 1. The molecular formula is C12H17NO7. The molecule has 1 fully saturated rings. The second-order valence-electron chi connectivity index (χ2n) is 4.35. The van der Waals surface area contributed by atoms with Gasteiger partial charge in [0.2, 0.25) is 6.10 Å². The maximum absolute atomic E-state index is 12.2. The van der Waals surface area contributed by atoms with Gasteiger partial charge in [0.05, 0.1) is 0 Å². The van der Waals surface area contributed by atoms with Crippen LogP contribution in [0.3, 0.4) is 0 Å². The molecule has 1 unspecified atom stereocenters. The number of hydrogen-bond acceptors (Lipinski definition) is 6. The van der Waals surface area contributed by atoms with Crippen LogP contribution in [0.1, 0.15) is 27.2 Å². The van der Waals surface area contributed by atoms with Crippen LogP contribution in [0.5, 0.6) is 0 Å². The predicted molar refractivity (Wildman–Crippen MR) is 64.6 cm³/mol. The van der Waals surface area contributed by atoms with Gasteiger partial charge in [0.1, 0.15) is 6.42 Å². The Bertz CT molecular complexity index is 443. The van der Waals surface area contributed by atoms with Crippen molar-refractivity contribution in [2.75, 3.05) is 13.1 Å². The number of amides is 1. The molecule has 0 aliphatic carbocycles. The minimum absolute atomic E-state index is 0.319. The van der Waals surface area contributed by atoms with Crippen molar-refractivity contribution in [2.24, 2.45) is 0 Å². The lowest BCUT2D eigenvalue weighted by Crippen LogP contribution is -2.56. The van der Waals surface area contributed by atoms with Gasteiger partial charge in [-0.25, -0.2) is 4.79 Å². The second-order valence-corrected chi connectivity index (χ2v) is 4.35. The number of ether oxygens (including phenoxy) is 2. The first-order valence-electron chi connectivity index (χ1n) is 6.19. The fourth-order valence-corrected chi connectivity index (χ4v) is 2.10. The van der Waals surface area contributed by atoms with Crippen LogP contribution in [0, 0.1) is 0 Å². The molecule has 112 valence electrons. The number of carbonyl (C=O) groups excluding carboxylic acids is 3. The number of carbonyl (C=O) groups is 4. The van der Waals surface area contributed by atoms with Crippen molar-refractivity contribution in [3.05, 3.63) is 0 Å². The summed E-state index contributed by atoms with van der Waals surface area (Å²) in [5, 5.41) is 9.30. The Morgan fingerprint density at radius 3 is 2.35 bits per heavy atom. The molecule has 0 spiro atoms. The van der Waals surface area contributed by atoms with Crippen molar-refractivity contribution in [3.8, 4) is 0 Å². The lowest BCUT2D eigenvalue weighted by molar-refractivity contribution is -0.188. The molecule has 1 heterocycles. The van der Waals surface area contributed by atoms with Gasteiger partial charge >= 0.3 is 17.9 Å². The van der Waals surface area contributed by atoms with Gasteiger partial charge < -0.3 is 19.5 Å². The van der Waals surface area contributed by atoms with Crippen molar-refractivity contribution in [1.82, 2.24) is 4.90 Å². The van der Waals surface area contributed by atoms with E-state index in [2.05, 4.69) is 0 Å². The summed E-state index contributed by atoms with van der Waals surface area (Å²) < 4.78 is 9.57. The maximum atomic E-state index is 12.2. The first kappa shape index (κ1) is 15.9. The van der Waals surface area contributed by atoms with Crippen LogP contribution in [0.2, 0.25) is 0 Å². The van der Waals surface area contributed by atoms with E-state index in [1.807, 2.05) is 0 Å². The summed E-state index contributed by atoms with van der Waals surface area (Å²) in [6.45, 7) is 5.05. The Morgan fingerprint density at radius 2 is 1.95 bits per heavy atom. The van der Waals surface area contributed by atoms with Crippen molar-refractivity contribution in [1.29, 1.82) is 0 Å². The quantitative estimate of drug-likeness (QED) is 0.682. The molecule has 0 aromatic carbocycles. The third-order valence-corrected chi connectivity index (χ3v) is 3.07. The van der Waals surface area contributed by atoms with Crippen LogP contribution in [-0.2, 0) is 28.7 Å². The molecule has 1 N–H and O–H groups in total. The number of likely N-dealkylation sites (N-methyl/N-ethyl adjacent to an activating group) is 1. The highest BCUT2D eigenvalue weighted by atomic mass is 16.6. The summed E-state index contributed by atoms with van der Waals surface area (Å²) >= 11 is 0. The van der Waals surface area contributed by atoms with Crippen LogP contribution >= 0.6 is 0 Å². The highest BCUT2D eigenvalue weighted by molar-refractivity contribution is 5.99. The molecule has 0 aromatic rings. The molecule has 0 saturated carbocycles. The molecule has 20 heavy (non-hydrogen) atoms. The van der Waals surface area contributed by atoms with Crippen LogP contribution < -0.4 is 0 Å². The Balaban J connectivity index is 3.19. The molecule has 1 aliphatic heterocycles. The number of hydrogen-bond donors (Lipinski definition) is 1. The first-order chi connectivity index (χ1) is 9.28. The average Bonchev–Trinajstić information content (AvgIpc) is 2.67. The van der Waals surface area contributed by atoms with E-state index in [9.17, 15) is 24.3 Å². The van der Waals surface area contributed by atoms with Gasteiger partial charge in [-0.15, -0.1) is 0 Å². The standard InChI is InChI=1S/C12H17NO7/c1-4-13(5-2)10(16)9-12(11(17)18,20-7(3)14)6-8(15)19-9/h9H,4-6H2,1-3H3,(H,17,18)/t9?,12-/m0/s1. The van der Waals surface area contributed by atoms with E-state index in [0.717, 1.165) is 6.92 Å². The summed E-state index contributed by atoms with van der Waals surface area (Å²) in [5.41, 5.74) is -2.29. The Kier molecular flexibility index (Phi) is 4.69. The number of esters is 2. The van der Waals surface area contributed by atoms with Gasteiger partial charge in [0.15, 0.2) is 0 Å². The average molecular weight is 287 g/mol. The highest BCUT2D eigenvalue weighted by Crippen LogP contribution is 2.33. The van der Waals surface area contributed by atoms with Gasteiger partial charge in [-0.05, 0) is 13.8 Å². The monoisotopic (exact) mass is 287 g/mol. The smallest absolute Gasteiger partial charge is 0.353 e.